The molecule has 0 aliphatic rings. The SMILES string of the molecule is COC(=O)c1ccc(Oc2c(C)cccc2[N+](=O)[O-])cc1. The Morgan fingerprint density at radius 3 is 2.38 bits per heavy atom. The first-order chi connectivity index (χ1) is 10.0. The van der Waals surface area contributed by atoms with Crippen LogP contribution in [0.2, 0.25) is 0 Å². The highest BCUT2D eigenvalue weighted by molar-refractivity contribution is 5.89. The smallest absolute Gasteiger partial charge is 0.337 e. The lowest BCUT2D eigenvalue weighted by Crippen LogP contribution is -2.00. The minimum Gasteiger partial charge on any atom is -0.465 e. The third-order valence-electron chi connectivity index (χ3n) is 2.88. The van der Waals surface area contributed by atoms with Crippen molar-refractivity contribution in [3.05, 3.63) is 63.7 Å². The molecule has 0 heterocycles. The molecule has 2 rings (SSSR count). The maximum absolute atomic E-state index is 11.3. The van der Waals surface area contributed by atoms with E-state index in [1.54, 1.807) is 31.2 Å². The molecular formula is C15H13NO5. The maximum Gasteiger partial charge on any atom is 0.337 e. The summed E-state index contributed by atoms with van der Waals surface area (Å²) in [6, 6.07) is 10.9. The number of hydrogen-bond acceptors (Lipinski definition) is 5. The van der Waals surface area contributed by atoms with Gasteiger partial charge in [0.05, 0.1) is 17.6 Å². The Balaban J connectivity index is 2.30. The minimum absolute atomic E-state index is 0.105. The quantitative estimate of drug-likeness (QED) is 0.488. The molecular weight excluding hydrogens is 274 g/mol. The first-order valence-electron chi connectivity index (χ1n) is 6.13. The summed E-state index contributed by atoms with van der Waals surface area (Å²) in [5.41, 5.74) is 0.928. The summed E-state index contributed by atoms with van der Waals surface area (Å²) in [5.74, 6) is 0.136. The standard InChI is InChI=1S/C15H13NO5/c1-10-4-3-5-13(16(18)19)14(10)21-12-8-6-11(7-9-12)15(17)20-2/h3-9H,1-2H3. The first kappa shape index (κ1) is 14.5. The van der Waals surface area contributed by atoms with Crippen LogP contribution in [0.15, 0.2) is 42.5 Å². The molecule has 0 fully saturated rings. The third kappa shape index (κ3) is 3.17. The summed E-state index contributed by atoms with van der Waals surface area (Å²) in [5, 5.41) is 11.0. The van der Waals surface area contributed by atoms with Crippen molar-refractivity contribution in [1.82, 2.24) is 0 Å². The Bertz CT molecular complexity index is 679. The zero-order valence-corrected chi connectivity index (χ0v) is 11.5. The van der Waals surface area contributed by atoms with Crippen LogP contribution in [-0.4, -0.2) is 18.0 Å². The van der Waals surface area contributed by atoms with Crippen LogP contribution >= 0.6 is 0 Å². The van der Waals surface area contributed by atoms with Gasteiger partial charge in [0, 0.05) is 6.07 Å². The molecule has 0 bridgehead atoms. The number of aryl methyl sites for hydroxylation is 1. The number of hydrogen-bond donors (Lipinski definition) is 0. The van der Waals surface area contributed by atoms with Crippen LogP contribution in [0.1, 0.15) is 15.9 Å². The van der Waals surface area contributed by atoms with E-state index >= 15 is 0 Å². The molecule has 6 nitrogen and oxygen atoms in total. The molecule has 0 N–H and O–H groups in total. The summed E-state index contributed by atoms with van der Waals surface area (Å²) in [7, 11) is 1.30. The number of para-hydroxylation sites is 1. The van der Waals surface area contributed by atoms with E-state index in [4.69, 9.17) is 4.74 Å². The lowest BCUT2D eigenvalue weighted by atomic mass is 10.2. The van der Waals surface area contributed by atoms with E-state index in [1.165, 1.54) is 25.3 Å². The highest BCUT2D eigenvalue weighted by atomic mass is 16.6. The van der Waals surface area contributed by atoms with Crippen molar-refractivity contribution >= 4 is 11.7 Å². The summed E-state index contributed by atoms with van der Waals surface area (Å²) in [6.07, 6.45) is 0. The predicted octanol–water partition coefficient (Wildman–Crippen LogP) is 3.48. The van der Waals surface area contributed by atoms with Gasteiger partial charge in [0.2, 0.25) is 5.75 Å². The fourth-order valence-electron chi connectivity index (χ4n) is 1.81. The van der Waals surface area contributed by atoms with E-state index in [-0.39, 0.29) is 11.4 Å². The number of carbonyl (C=O) groups is 1. The zero-order chi connectivity index (χ0) is 15.4. The molecule has 2 aromatic carbocycles. The van der Waals surface area contributed by atoms with Crippen molar-refractivity contribution in [2.45, 2.75) is 6.92 Å². The van der Waals surface area contributed by atoms with E-state index in [2.05, 4.69) is 4.74 Å². The lowest BCUT2D eigenvalue weighted by molar-refractivity contribution is -0.385. The largest absolute Gasteiger partial charge is 0.465 e. The van der Waals surface area contributed by atoms with Gasteiger partial charge in [0.15, 0.2) is 0 Å². The Labute approximate surface area is 121 Å². The molecule has 0 spiro atoms. The van der Waals surface area contributed by atoms with Crippen LogP contribution in [0.3, 0.4) is 0 Å². The second kappa shape index (κ2) is 6.04. The molecule has 0 aliphatic carbocycles. The molecule has 0 unspecified atom stereocenters. The predicted molar refractivity (Wildman–Crippen MR) is 75.7 cm³/mol. The lowest BCUT2D eigenvalue weighted by Gasteiger charge is -2.09. The van der Waals surface area contributed by atoms with Gasteiger partial charge in [-0.1, -0.05) is 12.1 Å². The zero-order valence-electron chi connectivity index (χ0n) is 11.5. The number of benzene rings is 2. The van der Waals surface area contributed by atoms with Gasteiger partial charge in [-0.15, -0.1) is 0 Å². The van der Waals surface area contributed by atoms with E-state index in [0.29, 0.717) is 16.9 Å². The number of nitrogens with zero attached hydrogens (tertiary/aromatic N) is 1. The highest BCUT2D eigenvalue weighted by Gasteiger charge is 2.17. The average Bonchev–Trinajstić information content (AvgIpc) is 2.49. The molecule has 0 amide bonds. The number of methoxy groups -OCH3 is 1. The van der Waals surface area contributed by atoms with Crippen molar-refractivity contribution in [3.8, 4) is 11.5 Å². The summed E-state index contributed by atoms with van der Waals surface area (Å²) in [6.45, 7) is 1.73. The Hall–Kier alpha value is -2.89. The Kier molecular flexibility index (Phi) is 4.18. The van der Waals surface area contributed by atoms with Crippen LogP contribution in [-0.2, 0) is 4.74 Å². The molecule has 108 valence electrons. The number of nitro groups is 1. The normalized spacial score (nSPS) is 10.0. The van der Waals surface area contributed by atoms with Crippen molar-refractivity contribution in [1.29, 1.82) is 0 Å². The van der Waals surface area contributed by atoms with Gasteiger partial charge in [-0.2, -0.15) is 0 Å². The fourth-order valence-corrected chi connectivity index (χ4v) is 1.81. The van der Waals surface area contributed by atoms with E-state index in [1.807, 2.05) is 0 Å². The van der Waals surface area contributed by atoms with Crippen LogP contribution < -0.4 is 4.74 Å². The summed E-state index contributed by atoms with van der Waals surface area (Å²) < 4.78 is 10.2. The molecule has 2 aromatic rings. The number of ether oxygens (including phenoxy) is 2. The van der Waals surface area contributed by atoms with Crippen molar-refractivity contribution in [3.63, 3.8) is 0 Å². The highest BCUT2D eigenvalue weighted by Crippen LogP contribution is 2.34. The molecule has 0 aromatic heterocycles. The number of carbonyl (C=O) groups excluding carboxylic acids is 1. The molecule has 0 aliphatic heterocycles. The Morgan fingerprint density at radius 1 is 1.14 bits per heavy atom. The topological polar surface area (TPSA) is 78.7 Å². The van der Waals surface area contributed by atoms with Gasteiger partial charge in [0.1, 0.15) is 5.75 Å². The van der Waals surface area contributed by atoms with Crippen molar-refractivity contribution in [2.24, 2.45) is 0 Å². The van der Waals surface area contributed by atoms with Crippen LogP contribution in [0.5, 0.6) is 11.5 Å². The molecule has 0 saturated carbocycles. The molecule has 0 saturated heterocycles. The van der Waals surface area contributed by atoms with Gasteiger partial charge in [-0.25, -0.2) is 4.79 Å². The second-order valence-electron chi connectivity index (χ2n) is 4.30. The van der Waals surface area contributed by atoms with Crippen LogP contribution in [0, 0.1) is 17.0 Å². The fraction of sp³-hybridized carbons (Fsp3) is 0.133. The first-order valence-corrected chi connectivity index (χ1v) is 6.13. The van der Waals surface area contributed by atoms with Gasteiger partial charge in [0.25, 0.3) is 0 Å². The van der Waals surface area contributed by atoms with Crippen LogP contribution in [0.4, 0.5) is 5.69 Å². The molecule has 0 radical (unpaired) electrons. The minimum atomic E-state index is -0.495. The number of esters is 1. The van der Waals surface area contributed by atoms with Crippen LogP contribution in [0.25, 0.3) is 0 Å². The number of rotatable bonds is 4. The van der Waals surface area contributed by atoms with E-state index < -0.39 is 10.9 Å². The van der Waals surface area contributed by atoms with Crippen molar-refractivity contribution < 1.29 is 19.2 Å². The monoisotopic (exact) mass is 287 g/mol. The van der Waals surface area contributed by atoms with E-state index in [9.17, 15) is 14.9 Å². The average molecular weight is 287 g/mol. The van der Waals surface area contributed by atoms with E-state index in [0.717, 1.165) is 0 Å². The third-order valence-corrected chi connectivity index (χ3v) is 2.88. The van der Waals surface area contributed by atoms with Crippen molar-refractivity contribution in [2.75, 3.05) is 7.11 Å². The van der Waals surface area contributed by atoms with Gasteiger partial charge in [-0.3, -0.25) is 10.1 Å². The molecule has 6 heteroatoms. The summed E-state index contributed by atoms with van der Waals surface area (Å²) >= 11 is 0. The van der Waals surface area contributed by atoms with Gasteiger partial charge >= 0.3 is 11.7 Å². The molecule has 21 heavy (non-hydrogen) atoms. The Morgan fingerprint density at radius 2 is 1.81 bits per heavy atom. The number of nitro benzene ring substituents is 1. The van der Waals surface area contributed by atoms with Gasteiger partial charge < -0.3 is 9.47 Å². The second-order valence-corrected chi connectivity index (χ2v) is 4.30. The molecule has 0 atom stereocenters. The summed E-state index contributed by atoms with van der Waals surface area (Å²) in [4.78, 5) is 21.8. The maximum atomic E-state index is 11.3. The van der Waals surface area contributed by atoms with Gasteiger partial charge in [-0.05, 0) is 36.8 Å².